The van der Waals surface area contributed by atoms with E-state index in [1.807, 2.05) is 38.1 Å². The van der Waals surface area contributed by atoms with Gasteiger partial charge in [0.05, 0.1) is 12.2 Å². The summed E-state index contributed by atoms with van der Waals surface area (Å²) in [5, 5.41) is 0. The van der Waals surface area contributed by atoms with Crippen LogP contribution in [0.15, 0.2) is 48.5 Å². The molecule has 6 heteroatoms. The summed E-state index contributed by atoms with van der Waals surface area (Å²) in [7, 11) is 0. The third-order valence-corrected chi connectivity index (χ3v) is 3.94. The first-order valence-electron chi connectivity index (χ1n) is 9.40. The van der Waals surface area contributed by atoms with Gasteiger partial charge in [-0.15, -0.1) is 0 Å². The van der Waals surface area contributed by atoms with Crippen LogP contribution in [0.4, 0.5) is 0 Å². The zero-order valence-corrected chi connectivity index (χ0v) is 16.8. The van der Waals surface area contributed by atoms with Crippen molar-refractivity contribution >= 4 is 11.8 Å². The monoisotopic (exact) mass is 384 g/mol. The Morgan fingerprint density at radius 2 is 1.57 bits per heavy atom. The summed E-state index contributed by atoms with van der Waals surface area (Å²) in [4.78, 5) is 24.3. The van der Waals surface area contributed by atoms with Crippen molar-refractivity contribution in [2.75, 3.05) is 13.2 Å². The van der Waals surface area contributed by atoms with Crippen LogP contribution in [0.5, 0.6) is 11.5 Å². The SMILES string of the molecule is CC(C)COc1ccccc1C(=O)NNC(=O)COc1ccc(C(C)C)cc1. The van der Waals surface area contributed by atoms with Crippen LogP contribution in [0.3, 0.4) is 0 Å². The molecule has 0 unspecified atom stereocenters. The Bertz CT molecular complexity index is 785. The minimum absolute atomic E-state index is 0.202. The minimum Gasteiger partial charge on any atom is -0.492 e. The summed E-state index contributed by atoms with van der Waals surface area (Å²) in [6.45, 7) is 8.57. The third-order valence-electron chi connectivity index (χ3n) is 3.94. The van der Waals surface area contributed by atoms with E-state index in [1.54, 1.807) is 24.3 Å². The number of amides is 2. The Morgan fingerprint density at radius 1 is 0.893 bits per heavy atom. The molecule has 0 atom stereocenters. The number of hydrazine groups is 1. The molecule has 0 aliphatic heterocycles. The number of para-hydroxylation sites is 1. The summed E-state index contributed by atoms with van der Waals surface area (Å²) in [6, 6.07) is 14.5. The van der Waals surface area contributed by atoms with Crippen LogP contribution in [0.1, 0.15) is 49.5 Å². The highest BCUT2D eigenvalue weighted by atomic mass is 16.5. The van der Waals surface area contributed by atoms with Crippen LogP contribution in [-0.2, 0) is 4.79 Å². The van der Waals surface area contributed by atoms with Crippen molar-refractivity contribution in [3.05, 3.63) is 59.7 Å². The Labute approximate surface area is 166 Å². The summed E-state index contributed by atoms with van der Waals surface area (Å²) in [5.74, 6) is 0.932. The number of rotatable bonds is 8. The van der Waals surface area contributed by atoms with Crippen LogP contribution < -0.4 is 20.3 Å². The quantitative estimate of drug-likeness (QED) is 0.681. The van der Waals surface area contributed by atoms with E-state index in [4.69, 9.17) is 9.47 Å². The molecule has 0 radical (unpaired) electrons. The molecule has 0 heterocycles. The maximum atomic E-state index is 12.3. The Kier molecular flexibility index (Phi) is 7.87. The average Bonchev–Trinajstić information content (AvgIpc) is 2.69. The van der Waals surface area contributed by atoms with Gasteiger partial charge in [0.15, 0.2) is 6.61 Å². The standard InChI is InChI=1S/C22H28N2O4/c1-15(2)13-28-20-8-6-5-7-19(20)22(26)24-23-21(25)14-27-18-11-9-17(10-12-18)16(3)4/h5-12,15-16H,13-14H2,1-4H3,(H,23,25)(H,24,26). The fourth-order valence-electron chi connectivity index (χ4n) is 2.36. The summed E-state index contributed by atoms with van der Waals surface area (Å²) >= 11 is 0. The van der Waals surface area contributed by atoms with Crippen molar-refractivity contribution in [3.8, 4) is 11.5 Å². The third kappa shape index (κ3) is 6.61. The number of benzene rings is 2. The van der Waals surface area contributed by atoms with Gasteiger partial charge >= 0.3 is 0 Å². The van der Waals surface area contributed by atoms with Crippen molar-refractivity contribution in [2.45, 2.75) is 33.6 Å². The van der Waals surface area contributed by atoms with Crippen LogP contribution in [0.25, 0.3) is 0 Å². The van der Waals surface area contributed by atoms with Crippen molar-refractivity contribution < 1.29 is 19.1 Å². The zero-order chi connectivity index (χ0) is 20.5. The molecule has 2 amide bonds. The first-order valence-corrected chi connectivity index (χ1v) is 9.40. The van der Waals surface area contributed by atoms with Crippen LogP contribution in [-0.4, -0.2) is 25.0 Å². The topological polar surface area (TPSA) is 76.7 Å². The Hall–Kier alpha value is -3.02. The maximum absolute atomic E-state index is 12.3. The number of ether oxygens (including phenoxy) is 2. The van der Waals surface area contributed by atoms with Gasteiger partial charge in [0, 0.05) is 0 Å². The fraction of sp³-hybridized carbons (Fsp3) is 0.364. The van der Waals surface area contributed by atoms with Crippen molar-refractivity contribution in [3.63, 3.8) is 0 Å². The van der Waals surface area contributed by atoms with Gasteiger partial charge in [-0.3, -0.25) is 20.4 Å². The summed E-state index contributed by atoms with van der Waals surface area (Å²) in [6.07, 6.45) is 0. The van der Waals surface area contributed by atoms with Crippen LogP contribution >= 0.6 is 0 Å². The van der Waals surface area contributed by atoms with Gasteiger partial charge in [0.2, 0.25) is 0 Å². The molecule has 28 heavy (non-hydrogen) atoms. The van der Waals surface area contributed by atoms with E-state index in [9.17, 15) is 9.59 Å². The van der Waals surface area contributed by atoms with E-state index >= 15 is 0 Å². The highest BCUT2D eigenvalue weighted by Crippen LogP contribution is 2.19. The van der Waals surface area contributed by atoms with Crippen LogP contribution in [0, 0.1) is 5.92 Å². The zero-order valence-electron chi connectivity index (χ0n) is 16.8. The Morgan fingerprint density at radius 3 is 2.21 bits per heavy atom. The molecule has 0 aliphatic carbocycles. The first kappa shape index (κ1) is 21.3. The smallest absolute Gasteiger partial charge is 0.276 e. The lowest BCUT2D eigenvalue weighted by molar-refractivity contribution is -0.123. The molecule has 2 aromatic carbocycles. The average molecular weight is 384 g/mol. The largest absolute Gasteiger partial charge is 0.492 e. The van der Waals surface area contributed by atoms with E-state index in [0.717, 1.165) is 0 Å². The molecule has 0 saturated heterocycles. The van der Waals surface area contributed by atoms with Crippen molar-refractivity contribution in [2.24, 2.45) is 5.92 Å². The lowest BCUT2D eigenvalue weighted by atomic mass is 10.0. The molecular weight excluding hydrogens is 356 g/mol. The molecule has 0 fully saturated rings. The van der Waals surface area contributed by atoms with Gasteiger partial charge in [-0.2, -0.15) is 0 Å². The lowest BCUT2D eigenvalue weighted by Crippen LogP contribution is -2.43. The molecule has 2 aromatic rings. The van der Waals surface area contributed by atoms with E-state index in [2.05, 4.69) is 24.7 Å². The second-order valence-corrected chi connectivity index (χ2v) is 7.22. The fourth-order valence-corrected chi connectivity index (χ4v) is 2.36. The summed E-state index contributed by atoms with van der Waals surface area (Å²) < 4.78 is 11.1. The number of carbonyl (C=O) groups is 2. The van der Waals surface area contributed by atoms with Gasteiger partial charge in [-0.25, -0.2) is 0 Å². The molecule has 0 saturated carbocycles. The van der Waals surface area contributed by atoms with E-state index in [0.29, 0.717) is 35.5 Å². The number of hydrogen-bond acceptors (Lipinski definition) is 4. The maximum Gasteiger partial charge on any atom is 0.276 e. The molecule has 2 rings (SSSR count). The minimum atomic E-state index is -0.457. The predicted octanol–water partition coefficient (Wildman–Crippen LogP) is 3.68. The van der Waals surface area contributed by atoms with Gasteiger partial charge in [0.1, 0.15) is 11.5 Å². The second kappa shape index (κ2) is 10.3. The van der Waals surface area contributed by atoms with Gasteiger partial charge in [-0.1, -0.05) is 52.0 Å². The molecule has 0 aliphatic rings. The predicted molar refractivity (Wildman–Crippen MR) is 108 cm³/mol. The molecular formula is C22H28N2O4. The van der Waals surface area contributed by atoms with Gasteiger partial charge in [0.25, 0.3) is 11.8 Å². The summed E-state index contributed by atoms with van der Waals surface area (Å²) in [5.41, 5.74) is 6.29. The number of nitrogens with one attached hydrogen (secondary N) is 2. The molecule has 150 valence electrons. The normalized spacial score (nSPS) is 10.6. The molecule has 6 nitrogen and oxygen atoms in total. The molecule has 0 bridgehead atoms. The molecule has 0 aromatic heterocycles. The molecule has 2 N–H and O–H groups in total. The highest BCUT2D eigenvalue weighted by Gasteiger charge is 2.13. The number of hydrogen-bond donors (Lipinski definition) is 2. The second-order valence-electron chi connectivity index (χ2n) is 7.22. The van der Waals surface area contributed by atoms with Gasteiger partial charge < -0.3 is 9.47 Å². The van der Waals surface area contributed by atoms with E-state index in [1.165, 1.54) is 5.56 Å². The van der Waals surface area contributed by atoms with E-state index < -0.39 is 11.8 Å². The van der Waals surface area contributed by atoms with Gasteiger partial charge in [-0.05, 0) is 41.7 Å². The van der Waals surface area contributed by atoms with Crippen molar-refractivity contribution in [1.29, 1.82) is 0 Å². The first-order chi connectivity index (χ1) is 13.4. The highest BCUT2D eigenvalue weighted by molar-refractivity contribution is 5.97. The Balaban J connectivity index is 1.83. The van der Waals surface area contributed by atoms with Crippen molar-refractivity contribution in [1.82, 2.24) is 10.9 Å². The number of carbonyl (C=O) groups excluding carboxylic acids is 2. The molecule has 0 spiro atoms. The van der Waals surface area contributed by atoms with Crippen LogP contribution in [0.2, 0.25) is 0 Å². The van der Waals surface area contributed by atoms with E-state index in [-0.39, 0.29) is 6.61 Å². The lowest BCUT2D eigenvalue weighted by Gasteiger charge is -2.13.